The van der Waals surface area contributed by atoms with E-state index in [9.17, 15) is 5.11 Å². The van der Waals surface area contributed by atoms with Gasteiger partial charge in [-0.1, -0.05) is 31.4 Å². The Bertz CT molecular complexity index is 344. The molecule has 1 aliphatic rings. The summed E-state index contributed by atoms with van der Waals surface area (Å²) in [7, 11) is 4.05. The number of hydrogen-bond donors (Lipinski definition) is 1. The van der Waals surface area contributed by atoms with Gasteiger partial charge in [0.15, 0.2) is 0 Å². The largest absolute Gasteiger partial charge is 0.388 e. The molecular weight excluding hydrogens is 198 g/mol. The fraction of sp³-hybridized carbons (Fsp3) is 0.571. The topological polar surface area (TPSA) is 23.5 Å². The molecule has 0 heterocycles. The van der Waals surface area contributed by atoms with Gasteiger partial charge in [0.05, 0.1) is 6.10 Å². The lowest BCUT2D eigenvalue weighted by Gasteiger charge is -2.28. The Labute approximate surface area is 97.9 Å². The van der Waals surface area contributed by atoms with Crippen LogP contribution in [0.2, 0.25) is 0 Å². The number of anilines is 1. The summed E-state index contributed by atoms with van der Waals surface area (Å²) in [6.45, 7) is 0. The first-order chi connectivity index (χ1) is 7.66. The first-order valence-corrected chi connectivity index (χ1v) is 6.12. The standard InChI is InChI=1S/C14H21NO/c1-15(2)13-8-4-7-12(10-13)14(16)9-11-5-3-6-11/h4,7-8,10-11,14,16H,3,5-6,9H2,1-2H3. The lowest BCUT2D eigenvalue weighted by molar-refractivity contribution is 0.118. The third-order valence-electron chi connectivity index (χ3n) is 3.55. The van der Waals surface area contributed by atoms with E-state index in [1.54, 1.807) is 0 Å². The van der Waals surface area contributed by atoms with E-state index in [1.807, 2.05) is 26.2 Å². The fourth-order valence-electron chi connectivity index (χ4n) is 2.19. The molecule has 1 unspecified atom stereocenters. The van der Waals surface area contributed by atoms with E-state index in [-0.39, 0.29) is 6.10 Å². The van der Waals surface area contributed by atoms with Crippen LogP contribution >= 0.6 is 0 Å². The predicted molar refractivity (Wildman–Crippen MR) is 67.7 cm³/mol. The van der Waals surface area contributed by atoms with Crippen molar-refractivity contribution in [3.63, 3.8) is 0 Å². The van der Waals surface area contributed by atoms with E-state index < -0.39 is 0 Å². The van der Waals surface area contributed by atoms with Gasteiger partial charge in [-0.15, -0.1) is 0 Å². The summed E-state index contributed by atoms with van der Waals surface area (Å²) < 4.78 is 0. The Morgan fingerprint density at radius 2 is 2.12 bits per heavy atom. The quantitative estimate of drug-likeness (QED) is 0.841. The van der Waals surface area contributed by atoms with E-state index in [0.717, 1.165) is 23.6 Å². The van der Waals surface area contributed by atoms with Crippen molar-refractivity contribution in [3.05, 3.63) is 29.8 Å². The second-order valence-electron chi connectivity index (χ2n) is 5.04. The summed E-state index contributed by atoms with van der Waals surface area (Å²) in [4.78, 5) is 2.07. The van der Waals surface area contributed by atoms with Crippen molar-refractivity contribution in [3.8, 4) is 0 Å². The molecule has 1 fully saturated rings. The Hall–Kier alpha value is -1.02. The van der Waals surface area contributed by atoms with Gasteiger partial charge in [-0.3, -0.25) is 0 Å². The van der Waals surface area contributed by atoms with Gasteiger partial charge in [-0.05, 0) is 30.0 Å². The van der Waals surface area contributed by atoms with Crippen LogP contribution in [0, 0.1) is 5.92 Å². The highest BCUT2D eigenvalue weighted by Gasteiger charge is 2.21. The number of aliphatic hydroxyl groups is 1. The van der Waals surface area contributed by atoms with Gasteiger partial charge in [-0.2, -0.15) is 0 Å². The van der Waals surface area contributed by atoms with Crippen molar-refractivity contribution in [1.29, 1.82) is 0 Å². The Morgan fingerprint density at radius 3 is 2.69 bits per heavy atom. The molecule has 1 aliphatic carbocycles. The van der Waals surface area contributed by atoms with Crippen molar-refractivity contribution in [2.75, 3.05) is 19.0 Å². The summed E-state index contributed by atoms with van der Waals surface area (Å²) in [5.41, 5.74) is 2.21. The molecule has 0 aliphatic heterocycles. The molecule has 2 rings (SSSR count). The molecular formula is C14H21NO. The molecule has 1 atom stereocenters. The Kier molecular flexibility index (Phi) is 3.49. The summed E-state index contributed by atoms with van der Waals surface area (Å²) >= 11 is 0. The SMILES string of the molecule is CN(C)c1cccc(C(O)CC2CCC2)c1. The molecule has 1 saturated carbocycles. The van der Waals surface area contributed by atoms with E-state index in [1.165, 1.54) is 19.3 Å². The Balaban J connectivity index is 2.03. The summed E-state index contributed by atoms with van der Waals surface area (Å²) in [6, 6.07) is 8.20. The fourth-order valence-corrected chi connectivity index (χ4v) is 2.19. The molecule has 0 aromatic heterocycles. The molecule has 2 nitrogen and oxygen atoms in total. The van der Waals surface area contributed by atoms with Crippen LogP contribution in [0.4, 0.5) is 5.69 Å². The van der Waals surface area contributed by atoms with Crippen molar-refractivity contribution >= 4 is 5.69 Å². The van der Waals surface area contributed by atoms with E-state index >= 15 is 0 Å². The zero-order valence-electron chi connectivity index (χ0n) is 10.2. The van der Waals surface area contributed by atoms with Crippen molar-refractivity contribution in [2.24, 2.45) is 5.92 Å². The van der Waals surface area contributed by atoms with Crippen LogP contribution in [0.25, 0.3) is 0 Å². The average molecular weight is 219 g/mol. The Morgan fingerprint density at radius 1 is 1.38 bits per heavy atom. The van der Waals surface area contributed by atoms with Gasteiger partial charge < -0.3 is 10.0 Å². The monoisotopic (exact) mass is 219 g/mol. The average Bonchev–Trinajstić information content (AvgIpc) is 2.23. The van der Waals surface area contributed by atoms with Crippen LogP contribution in [-0.4, -0.2) is 19.2 Å². The predicted octanol–water partition coefficient (Wildman–Crippen LogP) is 2.98. The second-order valence-corrected chi connectivity index (χ2v) is 5.04. The minimum absolute atomic E-state index is 0.287. The highest BCUT2D eigenvalue weighted by molar-refractivity contribution is 5.47. The lowest BCUT2D eigenvalue weighted by atomic mass is 9.80. The minimum Gasteiger partial charge on any atom is -0.388 e. The van der Waals surface area contributed by atoms with Crippen LogP contribution in [0.5, 0.6) is 0 Å². The van der Waals surface area contributed by atoms with Gasteiger partial charge in [0.1, 0.15) is 0 Å². The first kappa shape index (κ1) is 11.5. The lowest BCUT2D eigenvalue weighted by Crippen LogP contribution is -2.15. The number of benzene rings is 1. The number of aliphatic hydroxyl groups excluding tert-OH is 1. The van der Waals surface area contributed by atoms with Gasteiger partial charge in [0, 0.05) is 19.8 Å². The van der Waals surface area contributed by atoms with Crippen molar-refractivity contribution in [2.45, 2.75) is 31.8 Å². The molecule has 1 aromatic carbocycles. The normalized spacial score (nSPS) is 17.9. The molecule has 0 amide bonds. The number of hydrogen-bond acceptors (Lipinski definition) is 2. The zero-order valence-corrected chi connectivity index (χ0v) is 10.2. The second kappa shape index (κ2) is 4.88. The molecule has 0 spiro atoms. The van der Waals surface area contributed by atoms with Crippen molar-refractivity contribution < 1.29 is 5.11 Å². The highest BCUT2D eigenvalue weighted by Crippen LogP contribution is 2.35. The minimum atomic E-state index is -0.287. The van der Waals surface area contributed by atoms with Gasteiger partial charge in [0.25, 0.3) is 0 Å². The molecule has 0 radical (unpaired) electrons. The maximum absolute atomic E-state index is 10.1. The van der Waals surface area contributed by atoms with Crippen LogP contribution < -0.4 is 4.90 Å². The maximum Gasteiger partial charge on any atom is 0.0793 e. The molecule has 1 aromatic rings. The van der Waals surface area contributed by atoms with Crippen molar-refractivity contribution in [1.82, 2.24) is 0 Å². The summed E-state index contributed by atoms with van der Waals surface area (Å²) in [5.74, 6) is 0.748. The van der Waals surface area contributed by atoms with E-state index in [0.29, 0.717) is 0 Å². The van der Waals surface area contributed by atoms with E-state index in [2.05, 4.69) is 17.0 Å². The maximum atomic E-state index is 10.1. The van der Waals surface area contributed by atoms with Crippen LogP contribution in [-0.2, 0) is 0 Å². The third kappa shape index (κ3) is 2.56. The molecule has 0 saturated heterocycles. The molecule has 0 bridgehead atoms. The van der Waals surface area contributed by atoms with Gasteiger partial charge in [-0.25, -0.2) is 0 Å². The van der Waals surface area contributed by atoms with Crippen LogP contribution in [0.1, 0.15) is 37.4 Å². The molecule has 88 valence electrons. The smallest absolute Gasteiger partial charge is 0.0793 e. The van der Waals surface area contributed by atoms with Crippen LogP contribution in [0.15, 0.2) is 24.3 Å². The third-order valence-corrected chi connectivity index (χ3v) is 3.55. The zero-order chi connectivity index (χ0) is 11.5. The number of rotatable bonds is 4. The summed E-state index contributed by atoms with van der Waals surface area (Å²) in [6.07, 6.45) is 4.58. The highest BCUT2D eigenvalue weighted by atomic mass is 16.3. The molecule has 16 heavy (non-hydrogen) atoms. The molecule has 1 N–H and O–H groups in total. The van der Waals surface area contributed by atoms with Gasteiger partial charge >= 0.3 is 0 Å². The first-order valence-electron chi connectivity index (χ1n) is 6.12. The van der Waals surface area contributed by atoms with Gasteiger partial charge in [0.2, 0.25) is 0 Å². The van der Waals surface area contributed by atoms with E-state index in [4.69, 9.17) is 0 Å². The molecule has 2 heteroatoms. The van der Waals surface area contributed by atoms with Crippen LogP contribution in [0.3, 0.4) is 0 Å². The summed E-state index contributed by atoms with van der Waals surface area (Å²) in [5, 5.41) is 10.1. The number of nitrogens with zero attached hydrogens (tertiary/aromatic N) is 1.